The van der Waals surface area contributed by atoms with Crippen LogP contribution >= 0.6 is 11.8 Å². The molecule has 1 aromatic heterocycles. The highest BCUT2D eigenvalue weighted by Crippen LogP contribution is 2.25. The number of hydrogen-bond acceptors (Lipinski definition) is 6. The Kier molecular flexibility index (Phi) is 7.86. The Balaban J connectivity index is 2.07. The van der Waals surface area contributed by atoms with E-state index in [1.54, 1.807) is 31.4 Å². The molecule has 0 aliphatic carbocycles. The van der Waals surface area contributed by atoms with Crippen LogP contribution in [0, 0.1) is 5.92 Å². The highest BCUT2D eigenvalue weighted by molar-refractivity contribution is 8.00. The van der Waals surface area contributed by atoms with Crippen molar-refractivity contribution in [3.05, 3.63) is 30.1 Å². The van der Waals surface area contributed by atoms with Gasteiger partial charge in [0.15, 0.2) is 5.16 Å². The fourth-order valence-electron chi connectivity index (χ4n) is 2.50. The lowest BCUT2D eigenvalue weighted by Gasteiger charge is -2.15. The average molecular weight is 406 g/mol. The first kappa shape index (κ1) is 21.7. The van der Waals surface area contributed by atoms with Crippen LogP contribution in [0.5, 0.6) is 5.75 Å². The molecule has 0 saturated carbocycles. The third-order valence-electron chi connectivity index (χ3n) is 3.95. The smallest absolute Gasteiger partial charge is 0.237 e. The van der Waals surface area contributed by atoms with E-state index in [9.17, 15) is 9.59 Å². The maximum atomic E-state index is 12.5. The van der Waals surface area contributed by atoms with E-state index in [1.807, 2.05) is 11.5 Å². The number of methoxy groups -OCH3 is 1. The summed E-state index contributed by atoms with van der Waals surface area (Å²) in [5.74, 6) is 1.29. The number of ether oxygens (including phenoxy) is 1. The molecule has 0 unspecified atom stereocenters. The van der Waals surface area contributed by atoms with Crippen LogP contribution in [0.2, 0.25) is 0 Å². The molecule has 152 valence electrons. The number of benzene rings is 1. The van der Waals surface area contributed by atoms with Gasteiger partial charge in [-0.25, -0.2) is 0 Å². The summed E-state index contributed by atoms with van der Waals surface area (Å²) in [4.78, 5) is 23.6. The van der Waals surface area contributed by atoms with Crippen LogP contribution in [0.4, 0.5) is 5.69 Å². The lowest BCUT2D eigenvalue weighted by molar-refractivity contribution is -0.118. The van der Waals surface area contributed by atoms with E-state index in [0.29, 0.717) is 35.6 Å². The number of thioether (sulfide) groups is 1. The number of primary amides is 1. The molecule has 9 heteroatoms. The highest BCUT2D eigenvalue weighted by atomic mass is 32.2. The second-order valence-corrected chi connectivity index (χ2v) is 8.16. The lowest BCUT2D eigenvalue weighted by Crippen LogP contribution is -2.23. The Morgan fingerprint density at radius 3 is 2.46 bits per heavy atom. The molecular weight excluding hydrogens is 378 g/mol. The zero-order valence-corrected chi connectivity index (χ0v) is 17.5. The molecule has 0 saturated heterocycles. The van der Waals surface area contributed by atoms with Gasteiger partial charge in [0, 0.05) is 25.1 Å². The van der Waals surface area contributed by atoms with Crippen LogP contribution in [-0.4, -0.2) is 38.9 Å². The van der Waals surface area contributed by atoms with E-state index in [1.165, 1.54) is 11.8 Å². The number of nitrogens with zero attached hydrogens (tertiary/aromatic N) is 3. The fourth-order valence-corrected chi connectivity index (χ4v) is 3.38. The number of aryl methyl sites for hydroxylation is 1. The highest BCUT2D eigenvalue weighted by Gasteiger charge is 2.21. The quantitative estimate of drug-likeness (QED) is 0.587. The minimum Gasteiger partial charge on any atom is -0.497 e. The predicted molar refractivity (Wildman–Crippen MR) is 109 cm³/mol. The summed E-state index contributed by atoms with van der Waals surface area (Å²) in [7, 11) is 1.59. The third kappa shape index (κ3) is 6.26. The van der Waals surface area contributed by atoms with Crippen LogP contribution in [0.3, 0.4) is 0 Å². The first-order valence-electron chi connectivity index (χ1n) is 9.12. The fraction of sp³-hybridized carbons (Fsp3) is 0.474. The topological polar surface area (TPSA) is 112 Å². The minimum atomic E-state index is -0.375. The maximum Gasteiger partial charge on any atom is 0.237 e. The van der Waals surface area contributed by atoms with Crippen molar-refractivity contribution in [2.75, 3.05) is 12.4 Å². The van der Waals surface area contributed by atoms with E-state index < -0.39 is 0 Å². The van der Waals surface area contributed by atoms with Gasteiger partial charge < -0.3 is 20.4 Å². The van der Waals surface area contributed by atoms with Crippen LogP contribution in [0.1, 0.15) is 33.0 Å². The molecule has 8 nitrogen and oxygen atoms in total. The largest absolute Gasteiger partial charge is 0.497 e. The van der Waals surface area contributed by atoms with Crippen molar-refractivity contribution in [2.45, 2.75) is 50.6 Å². The molecule has 0 aliphatic heterocycles. The molecule has 1 aromatic carbocycles. The molecule has 1 atom stereocenters. The third-order valence-corrected chi connectivity index (χ3v) is 5.03. The summed E-state index contributed by atoms with van der Waals surface area (Å²) in [6.07, 6.45) is 0.649. The Morgan fingerprint density at radius 1 is 1.21 bits per heavy atom. The number of carbonyl (C=O) groups excluding carboxylic acids is 2. The first-order chi connectivity index (χ1) is 13.3. The van der Waals surface area contributed by atoms with Gasteiger partial charge in [-0.15, -0.1) is 10.2 Å². The number of nitrogens with one attached hydrogen (secondary N) is 1. The van der Waals surface area contributed by atoms with Gasteiger partial charge in [0.05, 0.1) is 12.4 Å². The van der Waals surface area contributed by atoms with E-state index in [0.717, 1.165) is 5.75 Å². The monoisotopic (exact) mass is 405 g/mol. The molecule has 0 aliphatic rings. The van der Waals surface area contributed by atoms with Gasteiger partial charge >= 0.3 is 0 Å². The van der Waals surface area contributed by atoms with Gasteiger partial charge in [-0.1, -0.05) is 25.6 Å². The number of aromatic nitrogens is 3. The Labute approximate surface area is 169 Å². The molecule has 0 bridgehead atoms. The molecular formula is C19H27N5O3S. The van der Waals surface area contributed by atoms with Gasteiger partial charge in [-0.05, 0) is 37.1 Å². The predicted octanol–water partition coefficient (Wildman–Crippen LogP) is 2.48. The molecule has 2 amide bonds. The molecule has 2 rings (SSSR count). The van der Waals surface area contributed by atoms with Gasteiger partial charge in [-0.3, -0.25) is 9.59 Å². The molecule has 1 heterocycles. The number of rotatable bonds is 10. The summed E-state index contributed by atoms with van der Waals surface area (Å²) in [6.45, 7) is 6.70. The van der Waals surface area contributed by atoms with Crippen molar-refractivity contribution in [1.82, 2.24) is 14.8 Å². The van der Waals surface area contributed by atoms with Crippen molar-refractivity contribution in [3.63, 3.8) is 0 Å². The summed E-state index contributed by atoms with van der Waals surface area (Å²) >= 11 is 1.34. The molecule has 3 N–H and O–H groups in total. The summed E-state index contributed by atoms with van der Waals surface area (Å²) < 4.78 is 7.09. The van der Waals surface area contributed by atoms with Crippen molar-refractivity contribution in [2.24, 2.45) is 11.7 Å². The minimum absolute atomic E-state index is 0.132. The molecule has 0 fully saturated rings. The van der Waals surface area contributed by atoms with Crippen LogP contribution in [-0.2, 0) is 22.6 Å². The van der Waals surface area contributed by atoms with Gasteiger partial charge in [0.25, 0.3) is 0 Å². The van der Waals surface area contributed by atoms with Crippen molar-refractivity contribution < 1.29 is 14.3 Å². The van der Waals surface area contributed by atoms with Gasteiger partial charge in [-0.2, -0.15) is 0 Å². The second kappa shape index (κ2) is 10.1. The van der Waals surface area contributed by atoms with Crippen LogP contribution in [0.15, 0.2) is 29.4 Å². The van der Waals surface area contributed by atoms with Gasteiger partial charge in [0.1, 0.15) is 11.6 Å². The van der Waals surface area contributed by atoms with E-state index in [-0.39, 0.29) is 23.5 Å². The van der Waals surface area contributed by atoms with Crippen molar-refractivity contribution in [1.29, 1.82) is 0 Å². The lowest BCUT2D eigenvalue weighted by atomic mass is 10.2. The SMILES string of the molecule is COc1ccc(NC(=O)[C@@H](C)Sc2nnc(CCC(N)=O)n2CC(C)C)cc1. The summed E-state index contributed by atoms with van der Waals surface area (Å²) in [5, 5.41) is 11.6. The standard InChI is InChI=1S/C19H27N5O3S/c1-12(2)11-24-17(10-9-16(20)25)22-23-19(24)28-13(3)18(26)21-14-5-7-15(27-4)8-6-14/h5-8,12-13H,9-11H2,1-4H3,(H2,20,25)(H,21,26)/t13-/m1/s1. The van der Waals surface area contributed by atoms with E-state index in [2.05, 4.69) is 29.4 Å². The molecule has 0 radical (unpaired) electrons. The Hall–Kier alpha value is -2.55. The molecule has 0 spiro atoms. The normalized spacial score (nSPS) is 12.0. The summed E-state index contributed by atoms with van der Waals surface area (Å²) in [6, 6.07) is 7.16. The number of hydrogen-bond donors (Lipinski definition) is 2. The van der Waals surface area contributed by atoms with E-state index >= 15 is 0 Å². The van der Waals surface area contributed by atoms with Gasteiger partial charge in [0.2, 0.25) is 11.8 Å². The molecule has 28 heavy (non-hydrogen) atoms. The Morgan fingerprint density at radius 2 is 1.89 bits per heavy atom. The number of anilines is 1. The first-order valence-corrected chi connectivity index (χ1v) is 10.00. The number of nitrogens with two attached hydrogens (primary N) is 1. The zero-order chi connectivity index (χ0) is 20.7. The van der Waals surface area contributed by atoms with Crippen molar-refractivity contribution in [3.8, 4) is 5.75 Å². The number of carbonyl (C=O) groups is 2. The van der Waals surface area contributed by atoms with Crippen LogP contribution < -0.4 is 15.8 Å². The molecule has 2 aromatic rings. The van der Waals surface area contributed by atoms with Crippen molar-refractivity contribution >= 4 is 29.3 Å². The second-order valence-electron chi connectivity index (χ2n) is 6.85. The summed E-state index contributed by atoms with van der Waals surface area (Å²) in [5.41, 5.74) is 5.95. The maximum absolute atomic E-state index is 12.5. The average Bonchev–Trinajstić information content (AvgIpc) is 3.01. The van der Waals surface area contributed by atoms with Crippen LogP contribution in [0.25, 0.3) is 0 Å². The zero-order valence-electron chi connectivity index (χ0n) is 16.6. The van der Waals surface area contributed by atoms with E-state index in [4.69, 9.17) is 10.5 Å². The number of amides is 2. The Bertz CT molecular complexity index is 804.